The Hall–Kier alpha value is -5.24. The molecule has 188 valence electrons. The molecular weight excluding hydrogens is 490 g/mol. The summed E-state index contributed by atoms with van der Waals surface area (Å²) >= 11 is 0. The van der Waals surface area contributed by atoms with Gasteiger partial charge in [-0.2, -0.15) is 5.10 Å². The number of furan rings is 2. The molecule has 1 atom stereocenters. The minimum absolute atomic E-state index is 0.0468. The van der Waals surface area contributed by atoms with Crippen LogP contribution < -0.4 is 0 Å². The number of rotatable bonds is 4. The van der Waals surface area contributed by atoms with Crippen LogP contribution in [0.3, 0.4) is 0 Å². The maximum Gasteiger partial charge on any atom is 0.263 e. The molecule has 0 saturated carbocycles. The Balaban J connectivity index is 1.23. The van der Waals surface area contributed by atoms with Gasteiger partial charge in [0.05, 0.1) is 22.8 Å². The molecule has 0 bridgehead atoms. The van der Waals surface area contributed by atoms with Crippen molar-refractivity contribution in [2.45, 2.75) is 19.0 Å². The molecule has 8 nitrogen and oxygen atoms in total. The van der Waals surface area contributed by atoms with E-state index < -0.39 is 0 Å². The quantitative estimate of drug-likeness (QED) is 0.271. The molecule has 1 aliphatic rings. The van der Waals surface area contributed by atoms with E-state index in [0.717, 1.165) is 38.4 Å². The highest BCUT2D eigenvalue weighted by Gasteiger charge is 2.36. The Labute approximate surface area is 221 Å². The topological polar surface area (TPSA) is 89.7 Å². The van der Waals surface area contributed by atoms with Gasteiger partial charge in [0, 0.05) is 17.2 Å². The van der Waals surface area contributed by atoms with Crippen LogP contribution in [0.2, 0.25) is 0 Å². The molecule has 0 spiro atoms. The molecule has 8 heteroatoms. The molecular formula is C31H21N5O3. The summed E-state index contributed by atoms with van der Waals surface area (Å²) in [4.78, 5) is 23.8. The van der Waals surface area contributed by atoms with Crippen LogP contribution in [0.15, 0.2) is 111 Å². The third-order valence-electron chi connectivity index (χ3n) is 7.30. The fourth-order valence-electron chi connectivity index (χ4n) is 5.47. The second-order valence-corrected chi connectivity index (χ2v) is 9.66. The van der Waals surface area contributed by atoms with Crippen molar-refractivity contribution in [3.8, 4) is 0 Å². The molecule has 0 radical (unpaired) electrons. The summed E-state index contributed by atoms with van der Waals surface area (Å²) in [6, 6.07) is 28.8. The van der Waals surface area contributed by atoms with Gasteiger partial charge in [0.25, 0.3) is 5.91 Å². The zero-order valence-corrected chi connectivity index (χ0v) is 20.7. The van der Waals surface area contributed by atoms with Crippen LogP contribution in [-0.2, 0) is 11.3 Å². The van der Waals surface area contributed by atoms with Gasteiger partial charge in [0.15, 0.2) is 11.4 Å². The predicted molar refractivity (Wildman–Crippen MR) is 148 cm³/mol. The smallest absolute Gasteiger partial charge is 0.263 e. The minimum atomic E-state index is -0.379. The molecule has 1 unspecified atom stereocenters. The van der Waals surface area contributed by atoms with Crippen LogP contribution >= 0.6 is 0 Å². The first-order valence-electron chi connectivity index (χ1n) is 12.8. The van der Waals surface area contributed by atoms with Crippen LogP contribution in [0.4, 0.5) is 0 Å². The number of hydrogen-bond acceptors (Lipinski definition) is 6. The molecule has 7 aromatic rings. The van der Waals surface area contributed by atoms with Crippen molar-refractivity contribution in [2.75, 3.05) is 0 Å². The Kier molecular flexibility index (Phi) is 4.69. The normalized spacial score (nSPS) is 15.6. The molecule has 8 rings (SSSR count). The lowest BCUT2D eigenvalue weighted by molar-refractivity contribution is -0.133. The Morgan fingerprint density at radius 1 is 0.897 bits per heavy atom. The van der Waals surface area contributed by atoms with E-state index in [-0.39, 0.29) is 18.5 Å². The largest absolute Gasteiger partial charge is 0.467 e. The zero-order valence-electron chi connectivity index (χ0n) is 20.7. The van der Waals surface area contributed by atoms with Crippen molar-refractivity contribution in [3.05, 3.63) is 109 Å². The van der Waals surface area contributed by atoms with Gasteiger partial charge in [-0.1, -0.05) is 48.5 Å². The van der Waals surface area contributed by atoms with Gasteiger partial charge in [0.1, 0.15) is 35.2 Å². The van der Waals surface area contributed by atoms with E-state index >= 15 is 0 Å². The number of hydrogen-bond donors (Lipinski definition) is 0. The van der Waals surface area contributed by atoms with Crippen molar-refractivity contribution >= 4 is 55.7 Å². The summed E-state index contributed by atoms with van der Waals surface area (Å²) < 4.78 is 13.8. The number of aromatic nitrogens is 3. The number of nitrogens with zero attached hydrogens (tertiary/aromatic N) is 5. The highest BCUT2D eigenvalue weighted by Crippen LogP contribution is 2.35. The maximum absolute atomic E-state index is 14.0. The molecule has 5 heterocycles. The van der Waals surface area contributed by atoms with E-state index in [1.54, 1.807) is 6.26 Å². The van der Waals surface area contributed by atoms with Crippen molar-refractivity contribution < 1.29 is 13.6 Å². The molecule has 0 saturated heterocycles. The summed E-state index contributed by atoms with van der Waals surface area (Å²) in [6.45, 7) is 0.0468. The lowest BCUT2D eigenvalue weighted by Gasteiger charge is -2.20. The third-order valence-corrected chi connectivity index (χ3v) is 7.30. The SMILES string of the molecule is O=C(Cn1c2ccccc2c2nc3ccccc3nc21)N1N=C(c2cc3ccccc3o2)CC1c1ccco1. The van der Waals surface area contributed by atoms with E-state index in [1.165, 1.54) is 5.01 Å². The van der Waals surface area contributed by atoms with E-state index in [1.807, 2.05) is 95.6 Å². The van der Waals surface area contributed by atoms with Gasteiger partial charge in [0.2, 0.25) is 0 Å². The standard InChI is InChI=1S/C31H21N5O3/c37-29(18-35-24-12-5-2-9-20(24)30-31(35)33-22-11-4-3-10-21(22)32-30)36-25(27-14-7-15-38-27)17-23(34-36)28-16-19-8-1-6-13-26(19)39-28/h1-16,25H,17-18H2. The molecule has 1 amide bonds. The molecule has 0 fully saturated rings. The van der Waals surface area contributed by atoms with Gasteiger partial charge >= 0.3 is 0 Å². The second kappa shape index (κ2) is 8.39. The van der Waals surface area contributed by atoms with E-state index in [9.17, 15) is 4.79 Å². The molecule has 0 N–H and O–H groups in total. The highest BCUT2D eigenvalue weighted by molar-refractivity contribution is 6.07. The summed E-state index contributed by atoms with van der Waals surface area (Å²) in [6.07, 6.45) is 2.10. The molecule has 1 aliphatic heterocycles. The number of carbonyl (C=O) groups excluding carboxylic acids is 1. The van der Waals surface area contributed by atoms with Crippen molar-refractivity contribution in [3.63, 3.8) is 0 Å². The lowest BCUT2D eigenvalue weighted by atomic mass is 10.1. The Morgan fingerprint density at radius 3 is 2.54 bits per heavy atom. The van der Waals surface area contributed by atoms with Crippen LogP contribution in [-0.4, -0.2) is 31.2 Å². The fourth-order valence-corrected chi connectivity index (χ4v) is 5.47. The third kappa shape index (κ3) is 3.45. The average molecular weight is 512 g/mol. The fraction of sp³-hybridized carbons (Fsp3) is 0.0968. The van der Waals surface area contributed by atoms with Crippen LogP contribution in [0.1, 0.15) is 24.0 Å². The summed E-state index contributed by atoms with van der Waals surface area (Å²) in [7, 11) is 0. The molecule has 0 aliphatic carbocycles. The van der Waals surface area contributed by atoms with Gasteiger partial charge < -0.3 is 13.4 Å². The Bertz CT molecular complexity index is 2040. The molecule has 39 heavy (non-hydrogen) atoms. The maximum atomic E-state index is 14.0. The summed E-state index contributed by atoms with van der Waals surface area (Å²) in [5.74, 6) is 1.14. The van der Waals surface area contributed by atoms with Crippen LogP contribution in [0.25, 0.3) is 44.1 Å². The first kappa shape index (κ1) is 21.8. The van der Waals surface area contributed by atoms with Gasteiger partial charge in [-0.15, -0.1) is 0 Å². The monoisotopic (exact) mass is 511 g/mol. The number of fused-ring (bicyclic) bond motifs is 5. The van der Waals surface area contributed by atoms with Crippen LogP contribution in [0, 0.1) is 0 Å². The van der Waals surface area contributed by atoms with Gasteiger partial charge in [-0.05, 0) is 42.5 Å². The highest BCUT2D eigenvalue weighted by atomic mass is 16.3. The minimum Gasteiger partial charge on any atom is -0.467 e. The van der Waals surface area contributed by atoms with Crippen molar-refractivity contribution in [1.82, 2.24) is 19.5 Å². The number of carbonyl (C=O) groups is 1. The number of hydrazone groups is 1. The molecule has 4 aromatic heterocycles. The summed E-state index contributed by atoms with van der Waals surface area (Å²) in [5, 5.41) is 8.25. The summed E-state index contributed by atoms with van der Waals surface area (Å²) in [5.41, 5.74) is 5.41. The number of benzene rings is 3. The van der Waals surface area contributed by atoms with E-state index in [2.05, 4.69) is 0 Å². The second-order valence-electron chi connectivity index (χ2n) is 9.66. The van der Waals surface area contributed by atoms with Gasteiger partial charge in [-0.3, -0.25) is 4.79 Å². The number of amides is 1. The first-order chi connectivity index (χ1) is 19.2. The van der Waals surface area contributed by atoms with Gasteiger partial charge in [-0.25, -0.2) is 15.0 Å². The predicted octanol–water partition coefficient (Wildman–Crippen LogP) is 6.45. The van der Waals surface area contributed by atoms with E-state index in [0.29, 0.717) is 29.3 Å². The van der Waals surface area contributed by atoms with E-state index in [4.69, 9.17) is 23.9 Å². The zero-order chi connectivity index (χ0) is 25.9. The lowest BCUT2D eigenvalue weighted by Crippen LogP contribution is -2.30. The molecule has 3 aromatic carbocycles. The van der Waals surface area contributed by atoms with Crippen molar-refractivity contribution in [1.29, 1.82) is 0 Å². The van der Waals surface area contributed by atoms with Crippen molar-refractivity contribution in [2.24, 2.45) is 5.10 Å². The first-order valence-corrected chi connectivity index (χ1v) is 12.8. The van der Waals surface area contributed by atoms with Crippen LogP contribution in [0.5, 0.6) is 0 Å². The average Bonchev–Trinajstić information content (AvgIpc) is 3.77. The number of para-hydroxylation sites is 4. The Morgan fingerprint density at radius 2 is 1.69 bits per heavy atom.